The van der Waals surface area contributed by atoms with Gasteiger partial charge in [0.25, 0.3) is 5.56 Å². The average Bonchev–Trinajstić information content (AvgIpc) is 2.59. The number of methoxy groups -OCH3 is 1. The number of nitrogens with zero attached hydrogens (tertiary/aromatic N) is 1. The number of ether oxygens (including phenoxy) is 2. The standard InChI is InChI=1S/C19H18N2O3/c1-12(2)11-24-17-14(8-6-10-16(17)23-3)18-20-15-9-5-4-7-13(15)19(22)21-18/h4-10H,1,11H2,2-3H3,(H,20,21,22). The van der Waals surface area contributed by atoms with Gasteiger partial charge in [0.15, 0.2) is 11.5 Å². The van der Waals surface area contributed by atoms with Crippen LogP contribution < -0.4 is 15.0 Å². The molecule has 0 amide bonds. The van der Waals surface area contributed by atoms with Crippen LogP contribution >= 0.6 is 0 Å². The minimum Gasteiger partial charge on any atom is -0.493 e. The van der Waals surface area contributed by atoms with Gasteiger partial charge in [0, 0.05) is 0 Å². The molecule has 1 aromatic heterocycles. The Bertz CT molecular complexity index is 960. The molecule has 1 heterocycles. The number of fused-ring (bicyclic) bond motifs is 1. The molecule has 0 spiro atoms. The number of benzene rings is 2. The van der Waals surface area contributed by atoms with Crippen molar-refractivity contribution in [1.29, 1.82) is 0 Å². The topological polar surface area (TPSA) is 64.2 Å². The lowest BCUT2D eigenvalue weighted by molar-refractivity contribution is 0.321. The van der Waals surface area contributed by atoms with Gasteiger partial charge in [-0.1, -0.05) is 24.8 Å². The maximum Gasteiger partial charge on any atom is 0.259 e. The second kappa shape index (κ2) is 6.58. The Balaban J connectivity index is 2.18. The minimum absolute atomic E-state index is 0.190. The summed E-state index contributed by atoms with van der Waals surface area (Å²) in [6.07, 6.45) is 0. The van der Waals surface area contributed by atoms with Crippen LogP contribution in [0, 0.1) is 0 Å². The van der Waals surface area contributed by atoms with E-state index in [1.54, 1.807) is 19.2 Å². The molecule has 122 valence electrons. The van der Waals surface area contributed by atoms with Gasteiger partial charge in [-0.3, -0.25) is 4.79 Å². The van der Waals surface area contributed by atoms with E-state index >= 15 is 0 Å². The Labute approximate surface area is 139 Å². The third-order valence-corrected chi connectivity index (χ3v) is 3.53. The number of hydrogen-bond acceptors (Lipinski definition) is 4. The zero-order valence-electron chi connectivity index (χ0n) is 13.6. The van der Waals surface area contributed by atoms with Crippen LogP contribution in [0.2, 0.25) is 0 Å². The van der Waals surface area contributed by atoms with E-state index in [0.29, 0.717) is 40.4 Å². The highest BCUT2D eigenvalue weighted by Gasteiger charge is 2.15. The predicted octanol–water partition coefficient (Wildman–Crippen LogP) is 3.55. The Morgan fingerprint density at radius 3 is 2.75 bits per heavy atom. The van der Waals surface area contributed by atoms with Gasteiger partial charge in [0.1, 0.15) is 12.4 Å². The molecule has 0 bridgehead atoms. The molecule has 0 fully saturated rings. The second-order valence-corrected chi connectivity index (χ2v) is 5.51. The maximum absolute atomic E-state index is 12.3. The van der Waals surface area contributed by atoms with Gasteiger partial charge in [-0.2, -0.15) is 0 Å². The Morgan fingerprint density at radius 1 is 1.21 bits per heavy atom. The van der Waals surface area contributed by atoms with Crippen molar-refractivity contribution in [3.05, 3.63) is 65.0 Å². The highest BCUT2D eigenvalue weighted by Crippen LogP contribution is 2.36. The van der Waals surface area contributed by atoms with Crippen LogP contribution in [0.25, 0.3) is 22.3 Å². The highest BCUT2D eigenvalue weighted by molar-refractivity contribution is 5.80. The van der Waals surface area contributed by atoms with Crippen LogP contribution in [0.5, 0.6) is 11.5 Å². The van der Waals surface area contributed by atoms with Crippen molar-refractivity contribution in [2.24, 2.45) is 0 Å². The van der Waals surface area contributed by atoms with Crippen LogP contribution in [0.1, 0.15) is 6.92 Å². The SMILES string of the molecule is C=C(C)COc1c(OC)cccc1-c1nc2ccccc2c(=O)[nH]1. The van der Waals surface area contributed by atoms with Gasteiger partial charge in [0.05, 0.1) is 23.6 Å². The molecular weight excluding hydrogens is 304 g/mol. The average molecular weight is 322 g/mol. The summed E-state index contributed by atoms with van der Waals surface area (Å²) in [7, 11) is 1.57. The normalized spacial score (nSPS) is 10.6. The first-order valence-electron chi connectivity index (χ1n) is 7.53. The first-order chi connectivity index (χ1) is 11.6. The van der Waals surface area contributed by atoms with Gasteiger partial charge in [-0.15, -0.1) is 0 Å². The van der Waals surface area contributed by atoms with Crippen LogP contribution in [0.15, 0.2) is 59.4 Å². The molecule has 0 radical (unpaired) electrons. The number of H-pyrrole nitrogens is 1. The van der Waals surface area contributed by atoms with Gasteiger partial charge < -0.3 is 14.5 Å². The monoisotopic (exact) mass is 322 g/mol. The molecule has 0 unspecified atom stereocenters. The highest BCUT2D eigenvalue weighted by atomic mass is 16.5. The van der Waals surface area contributed by atoms with Gasteiger partial charge in [-0.05, 0) is 36.8 Å². The number of aromatic amines is 1. The molecule has 0 aliphatic rings. The van der Waals surface area contributed by atoms with Crippen LogP contribution in [-0.4, -0.2) is 23.7 Å². The smallest absolute Gasteiger partial charge is 0.259 e. The molecule has 5 nitrogen and oxygen atoms in total. The summed E-state index contributed by atoms with van der Waals surface area (Å²) < 4.78 is 11.2. The van der Waals surface area contributed by atoms with Gasteiger partial charge in [-0.25, -0.2) is 4.98 Å². The van der Waals surface area contributed by atoms with E-state index in [1.165, 1.54) is 0 Å². The molecule has 0 aliphatic heterocycles. The predicted molar refractivity (Wildman–Crippen MR) is 94.7 cm³/mol. The fraction of sp³-hybridized carbons (Fsp3) is 0.158. The third kappa shape index (κ3) is 3.01. The molecule has 1 N–H and O–H groups in total. The largest absolute Gasteiger partial charge is 0.493 e. The molecule has 0 saturated carbocycles. The molecule has 5 heteroatoms. The zero-order valence-corrected chi connectivity index (χ0v) is 13.6. The molecule has 2 aromatic carbocycles. The molecule has 3 aromatic rings. The van der Waals surface area contributed by atoms with Crippen LogP contribution in [0.4, 0.5) is 0 Å². The molecule has 0 atom stereocenters. The van der Waals surface area contributed by atoms with Gasteiger partial charge >= 0.3 is 0 Å². The van der Waals surface area contributed by atoms with E-state index in [2.05, 4.69) is 16.5 Å². The summed E-state index contributed by atoms with van der Waals surface area (Å²) in [5, 5.41) is 0.550. The van der Waals surface area contributed by atoms with Crippen molar-refractivity contribution in [3.63, 3.8) is 0 Å². The lowest BCUT2D eigenvalue weighted by atomic mass is 10.1. The Hall–Kier alpha value is -3.08. The van der Waals surface area contributed by atoms with Crippen molar-refractivity contribution in [1.82, 2.24) is 9.97 Å². The van der Waals surface area contributed by atoms with Gasteiger partial charge in [0.2, 0.25) is 0 Å². The summed E-state index contributed by atoms with van der Waals surface area (Å²) >= 11 is 0. The van der Waals surface area contributed by atoms with E-state index < -0.39 is 0 Å². The van der Waals surface area contributed by atoms with Crippen molar-refractivity contribution in [2.75, 3.05) is 13.7 Å². The molecule has 0 aliphatic carbocycles. The van der Waals surface area contributed by atoms with Crippen LogP contribution in [-0.2, 0) is 0 Å². The molecule has 3 rings (SSSR count). The van der Waals surface area contributed by atoms with Crippen molar-refractivity contribution in [3.8, 4) is 22.9 Å². The number of aromatic nitrogens is 2. The third-order valence-electron chi connectivity index (χ3n) is 3.53. The molecule has 24 heavy (non-hydrogen) atoms. The van der Waals surface area contributed by atoms with Crippen molar-refractivity contribution in [2.45, 2.75) is 6.92 Å². The zero-order chi connectivity index (χ0) is 17.1. The first kappa shape index (κ1) is 15.8. The quantitative estimate of drug-likeness (QED) is 0.730. The van der Waals surface area contributed by atoms with E-state index in [-0.39, 0.29) is 5.56 Å². The first-order valence-corrected chi connectivity index (χ1v) is 7.53. The fourth-order valence-corrected chi connectivity index (χ4v) is 2.42. The Morgan fingerprint density at radius 2 is 2.00 bits per heavy atom. The van der Waals surface area contributed by atoms with E-state index in [0.717, 1.165) is 5.57 Å². The van der Waals surface area contributed by atoms with E-state index in [4.69, 9.17) is 9.47 Å². The van der Waals surface area contributed by atoms with Crippen molar-refractivity contribution < 1.29 is 9.47 Å². The fourth-order valence-electron chi connectivity index (χ4n) is 2.42. The minimum atomic E-state index is -0.190. The van der Waals surface area contributed by atoms with E-state index in [1.807, 2.05) is 37.3 Å². The lowest BCUT2D eigenvalue weighted by Crippen LogP contribution is -2.10. The number of rotatable bonds is 5. The maximum atomic E-state index is 12.3. The molecule has 0 saturated heterocycles. The Kier molecular flexibility index (Phi) is 4.33. The summed E-state index contributed by atoms with van der Waals surface area (Å²) in [4.78, 5) is 19.7. The summed E-state index contributed by atoms with van der Waals surface area (Å²) in [5.41, 5.74) is 1.99. The summed E-state index contributed by atoms with van der Waals surface area (Å²) in [5.74, 6) is 1.54. The van der Waals surface area contributed by atoms with Crippen molar-refractivity contribution >= 4 is 10.9 Å². The second-order valence-electron chi connectivity index (χ2n) is 5.51. The number of hydrogen-bond donors (Lipinski definition) is 1. The lowest BCUT2D eigenvalue weighted by Gasteiger charge is -2.15. The summed E-state index contributed by atoms with van der Waals surface area (Å²) in [6.45, 7) is 6.08. The van der Waals surface area contributed by atoms with Crippen LogP contribution in [0.3, 0.4) is 0 Å². The summed E-state index contributed by atoms with van der Waals surface area (Å²) in [6, 6.07) is 12.7. The number of nitrogens with one attached hydrogen (secondary N) is 1. The number of para-hydroxylation sites is 2. The molecular formula is C19H18N2O3. The van der Waals surface area contributed by atoms with E-state index in [9.17, 15) is 4.79 Å².